The Morgan fingerprint density at radius 1 is 1.19 bits per heavy atom. The van der Waals surface area contributed by atoms with Gasteiger partial charge in [0.05, 0.1) is 6.61 Å². The fourth-order valence-electron chi connectivity index (χ4n) is 5.09. The first-order chi connectivity index (χ1) is 9.99. The molecule has 0 aromatic carbocycles. The Morgan fingerprint density at radius 3 is 2.14 bits per heavy atom. The van der Waals surface area contributed by atoms with Crippen LogP contribution in [0.1, 0.15) is 38.5 Å². The molecule has 0 unspecified atom stereocenters. The van der Waals surface area contributed by atoms with Crippen LogP contribution < -0.4 is 11.1 Å². The molecule has 0 aromatic heterocycles. The van der Waals surface area contributed by atoms with Gasteiger partial charge in [-0.1, -0.05) is 0 Å². The summed E-state index contributed by atoms with van der Waals surface area (Å²) in [5, 5.41) is 11.2. The van der Waals surface area contributed by atoms with Gasteiger partial charge in [-0.3, -0.25) is 0 Å². The molecule has 6 heteroatoms. The van der Waals surface area contributed by atoms with E-state index in [1.165, 1.54) is 19.3 Å². The molecule has 4 rings (SSSR count). The molecule has 4 aliphatic carbocycles. The molecule has 21 heavy (non-hydrogen) atoms. The van der Waals surface area contributed by atoms with E-state index in [4.69, 9.17) is 15.6 Å². The number of carbonyl (C=O) groups excluding carboxylic acids is 1. The number of nitrogens with two attached hydrogens (primary N) is 1. The maximum absolute atomic E-state index is 11.8. The minimum atomic E-state index is -1.13. The number of amides is 1. The average molecular weight is 296 g/mol. The standard InChI is InChI=1S/C15H24N2O4/c16-7-12(13(18)19)17-14(20)21-8-15-4-9-1-10(5-15)3-11(2-9)6-15/h9-12H,1-8,16H2,(H,17,20)(H,18,19)/t9?,10?,11?,12-,15?/m0/s1. The monoisotopic (exact) mass is 296 g/mol. The molecule has 4 bridgehead atoms. The third-order valence-corrected chi connectivity index (χ3v) is 5.50. The Labute approximate surface area is 124 Å². The Kier molecular flexibility index (Phi) is 3.82. The third kappa shape index (κ3) is 3.00. The number of carboxylic acid groups (broad SMARTS) is 1. The highest BCUT2D eigenvalue weighted by Crippen LogP contribution is 2.60. The summed E-state index contributed by atoms with van der Waals surface area (Å²) in [5.41, 5.74) is 5.46. The highest BCUT2D eigenvalue weighted by molar-refractivity contribution is 5.80. The number of carboxylic acids is 1. The molecule has 4 N–H and O–H groups in total. The largest absolute Gasteiger partial charge is 0.480 e. The first-order valence-corrected chi connectivity index (χ1v) is 7.86. The van der Waals surface area contributed by atoms with Crippen molar-refractivity contribution in [2.24, 2.45) is 28.9 Å². The zero-order valence-corrected chi connectivity index (χ0v) is 12.2. The predicted molar refractivity (Wildman–Crippen MR) is 75.6 cm³/mol. The van der Waals surface area contributed by atoms with Crippen LogP contribution >= 0.6 is 0 Å². The van der Waals surface area contributed by atoms with Crippen molar-refractivity contribution in [1.29, 1.82) is 0 Å². The fourth-order valence-corrected chi connectivity index (χ4v) is 5.09. The first-order valence-electron chi connectivity index (χ1n) is 7.86. The lowest BCUT2D eigenvalue weighted by atomic mass is 9.50. The van der Waals surface area contributed by atoms with Crippen molar-refractivity contribution < 1.29 is 19.4 Å². The lowest BCUT2D eigenvalue weighted by molar-refractivity contribution is -0.139. The van der Waals surface area contributed by atoms with Crippen LogP contribution in [0.4, 0.5) is 4.79 Å². The van der Waals surface area contributed by atoms with Crippen LogP contribution in [-0.2, 0) is 9.53 Å². The van der Waals surface area contributed by atoms with E-state index in [1.54, 1.807) is 0 Å². The van der Waals surface area contributed by atoms with Crippen LogP contribution in [0.3, 0.4) is 0 Å². The summed E-state index contributed by atoms with van der Waals surface area (Å²) >= 11 is 0. The molecule has 4 aliphatic rings. The summed E-state index contributed by atoms with van der Waals surface area (Å²) in [6.07, 6.45) is 6.85. The molecule has 4 saturated carbocycles. The Balaban J connectivity index is 1.53. The van der Waals surface area contributed by atoms with Gasteiger partial charge in [0.1, 0.15) is 6.04 Å². The molecule has 0 aliphatic heterocycles. The van der Waals surface area contributed by atoms with E-state index in [1.807, 2.05) is 0 Å². The Morgan fingerprint density at radius 2 is 1.71 bits per heavy atom. The molecule has 6 nitrogen and oxygen atoms in total. The molecule has 1 amide bonds. The number of carbonyl (C=O) groups is 2. The number of ether oxygens (including phenoxy) is 1. The average Bonchev–Trinajstić information content (AvgIpc) is 2.41. The minimum Gasteiger partial charge on any atom is -0.480 e. The second kappa shape index (κ2) is 5.48. The number of hydrogen-bond donors (Lipinski definition) is 3. The van der Waals surface area contributed by atoms with Gasteiger partial charge in [0.2, 0.25) is 0 Å². The molecule has 0 spiro atoms. The molecular formula is C15H24N2O4. The second-order valence-corrected chi connectivity index (χ2v) is 7.26. The van der Waals surface area contributed by atoms with Gasteiger partial charge in [0.25, 0.3) is 0 Å². The second-order valence-electron chi connectivity index (χ2n) is 7.26. The summed E-state index contributed by atoms with van der Waals surface area (Å²) in [5.74, 6) is 1.28. The van der Waals surface area contributed by atoms with E-state index < -0.39 is 18.1 Å². The number of nitrogens with one attached hydrogen (secondary N) is 1. The molecule has 0 radical (unpaired) electrons. The van der Waals surface area contributed by atoms with Crippen LogP contribution in [0.25, 0.3) is 0 Å². The van der Waals surface area contributed by atoms with Crippen molar-refractivity contribution >= 4 is 12.1 Å². The van der Waals surface area contributed by atoms with Crippen molar-refractivity contribution in [1.82, 2.24) is 5.32 Å². The highest BCUT2D eigenvalue weighted by Gasteiger charge is 2.51. The fraction of sp³-hybridized carbons (Fsp3) is 0.867. The Bertz CT molecular complexity index is 402. The quantitative estimate of drug-likeness (QED) is 0.710. The summed E-state index contributed by atoms with van der Waals surface area (Å²) < 4.78 is 5.34. The lowest BCUT2D eigenvalue weighted by Crippen LogP contribution is -2.50. The SMILES string of the molecule is NC[C@H](NC(=O)OCC12CC3CC(CC(C3)C1)C2)C(=O)O. The highest BCUT2D eigenvalue weighted by atomic mass is 16.5. The van der Waals surface area contributed by atoms with Crippen LogP contribution in [0.15, 0.2) is 0 Å². The van der Waals surface area contributed by atoms with Crippen molar-refractivity contribution in [2.45, 2.75) is 44.6 Å². The molecule has 118 valence electrons. The van der Waals surface area contributed by atoms with Gasteiger partial charge in [-0.15, -0.1) is 0 Å². The predicted octanol–water partition coefficient (Wildman–Crippen LogP) is 1.34. The van der Waals surface area contributed by atoms with Gasteiger partial charge in [-0.05, 0) is 56.3 Å². The summed E-state index contributed by atoms with van der Waals surface area (Å²) in [7, 11) is 0. The number of alkyl carbamates (subject to hydrolysis) is 1. The number of hydrogen-bond acceptors (Lipinski definition) is 4. The van der Waals surface area contributed by atoms with E-state index in [2.05, 4.69) is 5.32 Å². The van der Waals surface area contributed by atoms with Gasteiger partial charge in [-0.2, -0.15) is 0 Å². The molecule has 0 saturated heterocycles. The topological polar surface area (TPSA) is 102 Å². The van der Waals surface area contributed by atoms with Crippen molar-refractivity contribution in [2.75, 3.05) is 13.2 Å². The van der Waals surface area contributed by atoms with E-state index in [9.17, 15) is 9.59 Å². The maximum Gasteiger partial charge on any atom is 0.407 e. The summed E-state index contributed by atoms with van der Waals surface area (Å²) in [4.78, 5) is 22.6. The van der Waals surface area contributed by atoms with Crippen molar-refractivity contribution in [3.8, 4) is 0 Å². The van der Waals surface area contributed by atoms with Gasteiger partial charge in [-0.25, -0.2) is 9.59 Å². The van der Waals surface area contributed by atoms with Crippen molar-refractivity contribution in [3.05, 3.63) is 0 Å². The number of rotatable bonds is 5. The van der Waals surface area contributed by atoms with E-state index in [-0.39, 0.29) is 12.0 Å². The zero-order chi connectivity index (χ0) is 15.0. The van der Waals surface area contributed by atoms with Crippen molar-refractivity contribution in [3.63, 3.8) is 0 Å². The maximum atomic E-state index is 11.8. The molecule has 4 fully saturated rings. The van der Waals surface area contributed by atoms with Crippen LogP contribution in [0, 0.1) is 23.2 Å². The normalized spacial score (nSPS) is 38.0. The molecule has 0 heterocycles. The third-order valence-electron chi connectivity index (χ3n) is 5.50. The summed E-state index contributed by atoms with van der Waals surface area (Å²) in [6, 6.07) is -1.08. The molecule has 1 atom stereocenters. The smallest absolute Gasteiger partial charge is 0.407 e. The minimum absolute atomic E-state index is 0.137. The Hall–Kier alpha value is -1.30. The van der Waals surface area contributed by atoms with Crippen LogP contribution in [0.2, 0.25) is 0 Å². The van der Waals surface area contributed by atoms with Gasteiger partial charge in [0.15, 0.2) is 0 Å². The van der Waals surface area contributed by atoms with Gasteiger partial charge < -0.3 is 20.9 Å². The molecular weight excluding hydrogens is 272 g/mol. The van der Waals surface area contributed by atoms with E-state index in [0.29, 0.717) is 6.61 Å². The first kappa shape index (κ1) is 14.6. The zero-order valence-electron chi connectivity index (χ0n) is 12.2. The van der Waals surface area contributed by atoms with E-state index >= 15 is 0 Å². The molecule has 0 aromatic rings. The van der Waals surface area contributed by atoms with E-state index in [0.717, 1.165) is 37.0 Å². The summed E-state index contributed by atoms with van der Waals surface area (Å²) in [6.45, 7) is 0.279. The van der Waals surface area contributed by atoms with Gasteiger partial charge >= 0.3 is 12.1 Å². The lowest BCUT2D eigenvalue weighted by Gasteiger charge is -2.56. The van der Waals surface area contributed by atoms with Crippen LogP contribution in [0.5, 0.6) is 0 Å². The van der Waals surface area contributed by atoms with Gasteiger partial charge in [0, 0.05) is 12.0 Å². The number of aliphatic carboxylic acids is 1. The van der Waals surface area contributed by atoms with Crippen LogP contribution in [-0.4, -0.2) is 36.4 Å².